The number of oxime groups is 1. The van der Waals surface area contributed by atoms with Crippen molar-refractivity contribution in [1.29, 1.82) is 0 Å². The predicted molar refractivity (Wildman–Crippen MR) is 65.8 cm³/mol. The minimum Gasteiger partial charge on any atom is -0.398 e. The Balaban J connectivity index is 2.90. The molecule has 1 aromatic heterocycles. The molecule has 4 N–H and O–H groups in total. The van der Waals surface area contributed by atoms with E-state index in [0.717, 1.165) is 11.3 Å². The van der Waals surface area contributed by atoms with Crippen LogP contribution in [0.1, 0.15) is 12.6 Å². The normalized spacial score (nSPS) is 12.9. The SMILES string of the molecule is CO/N=C(\C(=O)N[C@H](C)C([NH])=O)c1csc(N)n1. The molecule has 0 aromatic carbocycles. The molecule has 0 saturated carbocycles. The van der Waals surface area contributed by atoms with Crippen molar-refractivity contribution in [3.63, 3.8) is 0 Å². The van der Waals surface area contributed by atoms with E-state index in [4.69, 9.17) is 11.5 Å². The highest BCUT2D eigenvalue weighted by Gasteiger charge is 2.21. The number of hydrogen-bond donors (Lipinski definition) is 2. The zero-order valence-electron chi connectivity index (χ0n) is 9.76. The van der Waals surface area contributed by atoms with Gasteiger partial charge in [-0.1, -0.05) is 5.16 Å². The van der Waals surface area contributed by atoms with E-state index in [9.17, 15) is 9.59 Å². The number of carbonyl (C=O) groups excluding carboxylic acids is 2. The van der Waals surface area contributed by atoms with E-state index in [1.54, 1.807) is 5.38 Å². The Hall–Kier alpha value is -2.16. The molecular formula is C9H12N5O3S. The molecule has 0 spiro atoms. The first-order chi connectivity index (χ1) is 8.45. The summed E-state index contributed by atoms with van der Waals surface area (Å²) in [6.07, 6.45) is 0. The summed E-state index contributed by atoms with van der Waals surface area (Å²) in [5, 5.41) is 7.67. The summed E-state index contributed by atoms with van der Waals surface area (Å²) in [6.45, 7) is 1.40. The number of carbonyl (C=O) groups is 2. The second-order valence-corrected chi connectivity index (χ2v) is 4.14. The Morgan fingerprint density at radius 2 is 2.33 bits per heavy atom. The van der Waals surface area contributed by atoms with Gasteiger partial charge < -0.3 is 15.9 Å². The highest BCUT2D eigenvalue weighted by Crippen LogP contribution is 2.12. The summed E-state index contributed by atoms with van der Waals surface area (Å²) in [6, 6.07) is -0.935. The van der Waals surface area contributed by atoms with Gasteiger partial charge >= 0.3 is 0 Å². The topological polar surface area (TPSA) is 130 Å². The van der Waals surface area contributed by atoms with Gasteiger partial charge in [0.1, 0.15) is 18.8 Å². The molecule has 1 heterocycles. The van der Waals surface area contributed by atoms with E-state index < -0.39 is 17.9 Å². The van der Waals surface area contributed by atoms with Crippen molar-refractivity contribution in [3.05, 3.63) is 11.1 Å². The Labute approximate surface area is 107 Å². The van der Waals surface area contributed by atoms with Crippen LogP contribution < -0.4 is 16.8 Å². The lowest BCUT2D eigenvalue weighted by Gasteiger charge is -2.09. The first-order valence-corrected chi connectivity index (χ1v) is 5.72. The van der Waals surface area contributed by atoms with E-state index in [-0.39, 0.29) is 16.5 Å². The van der Waals surface area contributed by atoms with Gasteiger partial charge in [-0.2, -0.15) is 0 Å². The minimum absolute atomic E-state index is 0.0986. The molecule has 0 fully saturated rings. The van der Waals surface area contributed by atoms with Crippen LogP contribution in [0.15, 0.2) is 10.5 Å². The largest absolute Gasteiger partial charge is 0.398 e. The first-order valence-electron chi connectivity index (χ1n) is 4.84. The van der Waals surface area contributed by atoms with E-state index in [1.807, 2.05) is 0 Å². The van der Waals surface area contributed by atoms with Crippen molar-refractivity contribution < 1.29 is 14.4 Å². The zero-order valence-corrected chi connectivity index (χ0v) is 10.6. The molecule has 97 valence electrons. The molecule has 0 saturated heterocycles. The van der Waals surface area contributed by atoms with Gasteiger partial charge in [-0.3, -0.25) is 15.3 Å². The van der Waals surface area contributed by atoms with E-state index in [2.05, 4.69) is 20.3 Å². The number of anilines is 1. The maximum Gasteiger partial charge on any atom is 0.276 e. The van der Waals surface area contributed by atoms with Crippen molar-refractivity contribution in [1.82, 2.24) is 16.0 Å². The van der Waals surface area contributed by atoms with Gasteiger partial charge in [0.15, 0.2) is 10.8 Å². The summed E-state index contributed by atoms with van der Waals surface area (Å²) in [4.78, 5) is 31.0. The molecule has 0 unspecified atom stereocenters. The quantitative estimate of drug-likeness (QED) is 0.544. The van der Waals surface area contributed by atoms with Crippen LogP contribution in [0.5, 0.6) is 0 Å². The Kier molecular flexibility index (Phi) is 4.60. The maximum atomic E-state index is 11.8. The molecular weight excluding hydrogens is 258 g/mol. The average Bonchev–Trinajstić information content (AvgIpc) is 2.72. The molecule has 18 heavy (non-hydrogen) atoms. The van der Waals surface area contributed by atoms with Crippen LogP contribution in [-0.4, -0.2) is 35.7 Å². The summed E-state index contributed by atoms with van der Waals surface area (Å²) in [5.74, 6) is -1.56. The summed E-state index contributed by atoms with van der Waals surface area (Å²) in [5.41, 5.74) is 12.5. The maximum absolute atomic E-state index is 11.8. The Morgan fingerprint density at radius 3 is 2.78 bits per heavy atom. The number of thiazole rings is 1. The van der Waals surface area contributed by atoms with Crippen LogP contribution >= 0.6 is 11.3 Å². The lowest BCUT2D eigenvalue weighted by Crippen LogP contribution is -2.43. The Morgan fingerprint density at radius 1 is 1.67 bits per heavy atom. The van der Waals surface area contributed by atoms with Gasteiger partial charge in [0.05, 0.1) is 0 Å². The summed E-state index contributed by atoms with van der Waals surface area (Å²) >= 11 is 1.15. The molecule has 0 aliphatic rings. The molecule has 0 aliphatic carbocycles. The number of nitrogens with two attached hydrogens (primary N) is 1. The third kappa shape index (κ3) is 3.42. The van der Waals surface area contributed by atoms with Crippen LogP contribution in [-0.2, 0) is 14.4 Å². The fraction of sp³-hybridized carbons (Fsp3) is 0.333. The lowest BCUT2D eigenvalue weighted by molar-refractivity contribution is -0.124. The van der Waals surface area contributed by atoms with Crippen molar-refractivity contribution >= 4 is 34.0 Å². The summed E-state index contributed by atoms with van der Waals surface area (Å²) in [7, 11) is 1.28. The molecule has 0 aliphatic heterocycles. The number of nitrogens with one attached hydrogen (secondary N) is 2. The number of nitrogen functional groups attached to an aromatic ring is 1. The number of amides is 2. The molecule has 2 amide bonds. The van der Waals surface area contributed by atoms with Crippen molar-refractivity contribution in [2.24, 2.45) is 5.16 Å². The highest BCUT2D eigenvalue weighted by atomic mass is 32.1. The number of aromatic nitrogens is 1. The fourth-order valence-electron chi connectivity index (χ4n) is 1.02. The van der Waals surface area contributed by atoms with Crippen LogP contribution in [0.4, 0.5) is 5.13 Å². The van der Waals surface area contributed by atoms with Gasteiger partial charge in [-0.15, -0.1) is 11.3 Å². The minimum atomic E-state index is -0.935. The van der Waals surface area contributed by atoms with Crippen molar-refractivity contribution in [2.45, 2.75) is 13.0 Å². The van der Waals surface area contributed by atoms with Crippen LogP contribution in [0.2, 0.25) is 0 Å². The third-order valence-electron chi connectivity index (χ3n) is 1.90. The third-order valence-corrected chi connectivity index (χ3v) is 2.58. The second-order valence-electron chi connectivity index (χ2n) is 3.25. The molecule has 1 radical (unpaired) electrons. The van der Waals surface area contributed by atoms with Crippen LogP contribution in [0.25, 0.3) is 0 Å². The second kappa shape index (κ2) is 5.96. The van der Waals surface area contributed by atoms with Crippen LogP contribution in [0, 0.1) is 0 Å². The Bertz CT molecular complexity index is 484. The van der Waals surface area contributed by atoms with E-state index in [1.165, 1.54) is 14.0 Å². The standard InChI is InChI=1S/C9H12N5O3S/c1-4(7(10)15)12-8(16)6(14-17-2)5-3-18-9(11)13-5/h3-4,10H,1-2H3,(H2,11,13)(H,12,16)/b14-6-/t4-/m1/s1. The number of rotatable bonds is 5. The average molecular weight is 270 g/mol. The molecule has 1 aromatic rings. The predicted octanol–water partition coefficient (Wildman–Crippen LogP) is -0.610. The molecule has 0 bridgehead atoms. The summed E-state index contributed by atoms with van der Waals surface area (Å²) < 4.78 is 0. The van der Waals surface area contributed by atoms with Crippen molar-refractivity contribution in [3.8, 4) is 0 Å². The van der Waals surface area contributed by atoms with Crippen LogP contribution in [0.3, 0.4) is 0 Å². The van der Waals surface area contributed by atoms with Gasteiger partial charge in [-0.05, 0) is 6.92 Å². The van der Waals surface area contributed by atoms with Crippen molar-refractivity contribution in [2.75, 3.05) is 12.8 Å². The molecule has 1 atom stereocenters. The molecule has 1 rings (SSSR count). The van der Waals surface area contributed by atoms with E-state index in [0.29, 0.717) is 0 Å². The van der Waals surface area contributed by atoms with Gasteiger partial charge in [0, 0.05) is 5.38 Å². The lowest BCUT2D eigenvalue weighted by atomic mass is 10.2. The van der Waals surface area contributed by atoms with Gasteiger partial charge in [0.2, 0.25) is 0 Å². The molecule has 9 heteroatoms. The van der Waals surface area contributed by atoms with Gasteiger partial charge in [-0.25, -0.2) is 4.98 Å². The molecule has 8 nitrogen and oxygen atoms in total. The first kappa shape index (κ1) is 13.9. The fourth-order valence-corrected chi connectivity index (χ4v) is 1.57. The smallest absolute Gasteiger partial charge is 0.276 e. The number of nitrogens with zero attached hydrogens (tertiary/aromatic N) is 2. The van der Waals surface area contributed by atoms with Gasteiger partial charge in [0.25, 0.3) is 11.8 Å². The highest BCUT2D eigenvalue weighted by molar-refractivity contribution is 7.13. The van der Waals surface area contributed by atoms with E-state index >= 15 is 0 Å². The number of hydrogen-bond acceptors (Lipinski definition) is 7. The monoisotopic (exact) mass is 270 g/mol. The zero-order chi connectivity index (χ0) is 13.7.